The summed E-state index contributed by atoms with van der Waals surface area (Å²) in [5.74, 6) is 0.587. The van der Waals surface area contributed by atoms with Gasteiger partial charge in [-0.2, -0.15) is 0 Å². The molecule has 1 aromatic carbocycles. The van der Waals surface area contributed by atoms with E-state index in [9.17, 15) is 4.79 Å². The Hall–Kier alpha value is -1.87. The minimum atomic E-state index is -0.0964. The van der Waals surface area contributed by atoms with E-state index in [0.717, 1.165) is 0 Å². The minimum absolute atomic E-state index is 0.0964. The van der Waals surface area contributed by atoms with Gasteiger partial charge in [-0.05, 0) is 31.2 Å². The second-order valence-corrected chi connectivity index (χ2v) is 4.04. The molecule has 0 fully saturated rings. The van der Waals surface area contributed by atoms with Crippen LogP contribution in [0.5, 0.6) is 5.75 Å². The molecule has 2 aromatic rings. The smallest absolute Gasteiger partial charge is 0.193 e. The first-order valence-corrected chi connectivity index (χ1v) is 5.97. The number of hydrogen-bond donors (Lipinski definition) is 0. The zero-order valence-electron chi connectivity index (χ0n) is 9.89. The Kier molecular flexibility index (Phi) is 3.95. The van der Waals surface area contributed by atoms with Gasteiger partial charge in [0.1, 0.15) is 10.9 Å². The molecule has 3 nitrogen and oxygen atoms in total. The van der Waals surface area contributed by atoms with Crippen molar-refractivity contribution in [3.05, 3.63) is 58.9 Å². The van der Waals surface area contributed by atoms with Crippen LogP contribution in [-0.2, 0) is 0 Å². The van der Waals surface area contributed by atoms with Crippen molar-refractivity contribution in [2.45, 2.75) is 6.92 Å². The predicted octanol–water partition coefficient (Wildman–Crippen LogP) is 3.36. The number of rotatable bonds is 4. The van der Waals surface area contributed by atoms with Crippen LogP contribution in [0, 0.1) is 0 Å². The lowest BCUT2D eigenvalue weighted by Gasteiger charge is -2.05. The van der Waals surface area contributed by atoms with Gasteiger partial charge in [0, 0.05) is 17.3 Å². The molecule has 1 heterocycles. The number of carbonyl (C=O) groups is 1. The number of pyridine rings is 1. The normalized spacial score (nSPS) is 10.1. The summed E-state index contributed by atoms with van der Waals surface area (Å²) in [6, 6.07) is 10.3. The number of ketones is 1. The molecular weight excluding hydrogens is 250 g/mol. The maximum atomic E-state index is 12.2. The molecule has 0 spiro atoms. The molecule has 0 atom stereocenters. The van der Waals surface area contributed by atoms with Gasteiger partial charge in [-0.15, -0.1) is 0 Å². The third kappa shape index (κ3) is 2.87. The van der Waals surface area contributed by atoms with E-state index in [1.165, 1.54) is 6.20 Å². The fraction of sp³-hybridized carbons (Fsp3) is 0.143. The fourth-order valence-electron chi connectivity index (χ4n) is 1.60. The molecule has 0 unspecified atom stereocenters. The highest BCUT2D eigenvalue weighted by molar-refractivity contribution is 6.30. The summed E-state index contributed by atoms with van der Waals surface area (Å²) < 4.78 is 5.37. The molecule has 0 N–H and O–H groups in total. The Balaban J connectivity index is 2.31. The molecule has 0 amide bonds. The number of ether oxygens (including phenoxy) is 1. The van der Waals surface area contributed by atoms with Gasteiger partial charge in [-0.3, -0.25) is 4.79 Å². The van der Waals surface area contributed by atoms with Gasteiger partial charge in [0.15, 0.2) is 5.78 Å². The highest BCUT2D eigenvalue weighted by atomic mass is 35.5. The van der Waals surface area contributed by atoms with Crippen molar-refractivity contribution in [2.75, 3.05) is 6.61 Å². The molecule has 0 saturated carbocycles. The molecule has 0 aliphatic rings. The molecule has 1 aromatic heterocycles. The van der Waals surface area contributed by atoms with Crippen LogP contribution >= 0.6 is 11.6 Å². The lowest BCUT2D eigenvalue weighted by Crippen LogP contribution is -2.02. The van der Waals surface area contributed by atoms with Gasteiger partial charge in [-0.25, -0.2) is 4.98 Å². The average molecular weight is 262 g/mol. The number of hydrogen-bond acceptors (Lipinski definition) is 3. The molecule has 92 valence electrons. The average Bonchev–Trinajstić information content (AvgIpc) is 2.39. The minimum Gasteiger partial charge on any atom is -0.494 e. The summed E-state index contributed by atoms with van der Waals surface area (Å²) >= 11 is 5.77. The Labute approximate surface area is 110 Å². The van der Waals surface area contributed by atoms with Crippen molar-refractivity contribution in [1.82, 2.24) is 4.98 Å². The second kappa shape index (κ2) is 5.65. The summed E-state index contributed by atoms with van der Waals surface area (Å²) in [5.41, 5.74) is 1.09. The van der Waals surface area contributed by atoms with Crippen LogP contribution in [0.3, 0.4) is 0 Å². The zero-order chi connectivity index (χ0) is 13.0. The number of aromatic nitrogens is 1. The van der Waals surface area contributed by atoms with E-state index in [4.69, 9.17) is 16.3 Å². The molecule has 0 saturated heterocycles. The molecule has 4 heteroatoms. The lowest BCUT2D eigenvalue weighted by atomic mass is 10.0. The van der Waals surface area contributed by atoms with Crippen LogP contribution < -0.4 is 4.74 Å². The van der Waals surface area contributed by atoms with E-state index in [1.807, 2.05) is 13.0 Å². The van der Waals surface area contributed by atoms with Gasteiger partial charge in [-0.1, -0.05) is 23.7 Å². The first-order valence-electron chi connectivity index (χ1n) is 5.60. The highest BCUT2D eigenvalue weighted by Gasteiger charge is 2.10. The van der Waals surface area contributed by atoms with Crippen molar-refractivity contribution < 1.29 is 9.53 Å². The van der Waals surface area contributed by atoms with E-state index in [-0.39, 0.29) is 5.78 Å². The Morgan fingerprint density at radius 2 is 2.06 bits per heavy atom. The van der Waals surface area contributed by atoms with Gasteiger partial charge in [0.05, 0.1) is 6.61 Å². The van der Waals surface area contributed by atoms with Crippen LogP contribution in [0.25, 0.3) is 0 Å². The SMILES string of the molecule is CCOc1cccc(C(=O)c2ccnc(Cl)c2)c1. The molecule has 0 bridgehead atoms. The Morgan fingerprint density at radius 1 is 1.28 bits per heavy atom. The van der Waals surface area contributed by atoms with Crippen molar-refractivity contribution in [1.29, 1.82) is 0 Å². The topological polar surface area (TPSA) is 39.2 Å². The first kappa shape index (κ1) is 12.6. The summed E-state index contributed by atoms with van der Waals surface area (Å²) in [6.07, 6.45) is 1.52. The maximum absolute atomic E-state index is 12.2. The zero-order valence-corrected chi connectivity index (χ0v) is 10.6. The van der Waals surface area contributed by atoms with Crippen molar-refractivity contribution in [2.24, 2.45) is 0 Å². The third-order valence-electron chi connectivity index (χ3n) is 2.40. The van der Waals surface area contributed by atoms with Gasteiger partial charge in [0.25, 0.3) is 0 Å². The van der Waals surface area contributed by atoms with Gasteiger partial charge >= 0.3 is 0 Å². The van der Waals surface area contributed by atoms with Crippen LogP contribution in [0.4, 0.5) is 0 Å². The summed E-state index contributed by atoms with van der Waals surface area (Å²) in [7, 11) is 0. The summed E-state index contributed by atoms with van der Waals surface area (Å²) in [4.78, 5) is 16.1. The molecule has 0 radical (unpaired) electrons. The summed E-state index contributed by atoms with van der Waals surface area (Å²) in [5, 5.41) is 0.307. The Morgan fingerprint density at radius 3 is 2.78 bits per heavy atom. The number of benzene rings is 1. The first-order chi connectivity index (χ1) is 8.70. The van der Waals surface area contributed by atoms with Crippen LogP contribution in [0.2, 0.25) is 5.15 Å². The van der Waals surface area contributed by atoms with Crippen LogP contribution in [-0.4, -0.2) is 17.4 Å². The fourth-order valence-corrected chi connectivity index (χ4v) is 1.78. The Bertz CT molecular complexity index is 569. The van der Waals surface area contributed by atoms with Crippen LogP contribution in [0.15, 0.2) is 42.6 Å². The lowest BCUT2D eigenvalue weighted by molar-refractivity contribution is 0.103. The third-order valence-corrected chi connectivity index (χ3v) is 2.60. The molecule has 2 rings (SSSR count). The van der Waals surface area contributed by atoms with Crippen molar-refractivity contribution in [3.63, 3.8) is 0 Å². The van der Waals surface area contributed by atoms with E-state index < -0.39 is 0 Å². The van der Waals surface area contributed by atoms with Gasteiger partial charge in [0.2, 0.25) is 0 Å². The number of carbonyl (C=O) groups excluding carboxylic acids is 1. The molecule has 0 aliphatic carbocycles. The highest BCUT2D eigenvalue weighted by Crippen LogP contribution is 2.17. The van der Waals surface area contributed by atoms with E-state index in [1.54, 1.807) is 30.3 Å². The predicted molar refractivity (Wildman–Crippen MR) is 70.3 cm³/mol. The number of nitrogens with zero attached hydrogens (tertiary/aromatic N) is 1. The van der Waals surface area contributed by atoms with Crippen molar-refractivity contribution in [3.8, 4) is 5.75 Å². The quantitative estimate of drug-likeness (QED) is 0.626. The molecular formula is C14H12ClNO2. The van der Waals surface area contributed by atoms with E-state index in [0.29, 0.717) is 28.6 Å². The molecule has 18 heavy (non-hydrogen) atoms. The molecule has 0 aliphatic heterocycles. The number of halogens is 1. The van der Waals surface area contributed by atoms with E-state index >= 15 is 0 Å². The van der Waals surface area contributed by atoms with Crippen LogP contribution in [0.1, 0.15) is 22.8 Å². The second-order valence-electron chi connectivity index (χ2n) is 3.66. The maximum Gasteiger partial charge on any atom is 0.193 e. The van der Waals surface area contributed by atoms with Gasteiger partial charge < -0.3 is 4.74 Å². The van der Waals surface area contributed by atoms with Crippen molar-refractivity contribution >= 4 is 17.4 Å². The summed E-state index contributed by atoms with van der Waals surface area (Å²) in [6.45, 7) is 2.47. The van der Waals surface area contributed by atoms with E-state index in [2.05, 4.69) is 4.98 Å². The largest absolute Gasteiger partial charge is 0.494 e. The standard InChI is InChI=1S/C14H12ClNO2/c1-2-18-12-5-3-4-10(8-12)14(17)11-6-7-16-13(15)9-11/h3-9H,2H2,1H3. The monoisotopic (exact) mass is 261 g/mol.